The Balaban J connectivity index is 1.58. The summed E-state index contributed by atoms with van der Waals surface area (Å²) in [5.74, 6) is -0.283. The van der Waals surface area contributed by atoms with Gasteiger partial charge in [0.05, 0.1) is 6.10 Å². The molecule has 2 amide bonds. The van der Waals surface area contributed by atoms with Crippen LogP contribution in [0.15, 0.2) is 36.4 Å². The summed E-state index contributed by atoms with van der Waals surface area (Å²) < 4.78 is 12.9. The standard InChI is InChI=1S/C20H25FN2O2S/c1-14(24)17-8-9-18(26-17)20(10-2-3-11-20)13-23-19(25)22-12-15-4-6-16(21)7-5-15/h4-9,14,24H,2-3,10-13H2,1H3,(H2,22,23,25). The molecular weight excluding hydrogens is 351 g/mol. The zero-order valence-corrected chi connectivity index (χ0v) is 15.7. The third-order valence-electron chi connectivity index (χ3n) is 5.08. The van der Waals surface area contributed by atoms with Crippen LogP contribution in [0.5, 0.6) is 0 Å². The second-order valence-electron chi connectivity index (χ2n) is 7.03. The minimum absolute atomic E-state index is 0.0367. The lowest BCUT2D eigenvalue weighted by Gasteiger charge is -2.28. The van der Waals surface area contributed by atoms with Gasteiger partial charge in [0.15, 0.2) is 0 Å². The molecule has 1 fully saturated rings. The van der Waals surface area contributed by atoms with Crippen LogP contribution in [0.25, 0.3) is 0 Å². The summed E-state index contributed by atoms with van der Waals surface area (Å²) in [6.07, 6.45) is 3.94. The number of thiophene rings is 1. The highest BCUT2D eigenvalue weighted by Crippen LogP contribution is 2.44. The molecular formula is C20H25FN2O2S. The van der Waals surface area contributed by atoms with Crippen molar-refractivity contribution in [2.24, 2.45) is 0 Å². The lowest BCUT2D eigenvalue weighted by Crippen LogP contribution is -2.43. The van der Waals surface area contributed by atoms with Crippen LogP contribution in [0.2, 0.25) is 0 Å². The van der Waals surface area contributed by atoms with Gasteiger partial charge in [0.1, 0.15) is 5.82 Å². The van der Waals surface area contributed by atoms with Crippen LogP contribution < -0.4 is 10.6 Å². The molecule has 0 aliphatic heterocycles. The Bertz CT molecular complexity index is 737. The average molecular weight is 376 g/mol. The van der Waals surface area contributed by atoms with Crippen LogP contribution in [-0.2, 0) is 12.0 Å². The molecule has 140 valence electrons. The van der Waals surface area contributed by atoms with Crippen molar-refractivity contribution in [3.63, 3.8) is 0 Å². The van der Waals surface area contributed by atoms with E-state index in [2.05, 4.69) is 16.7 Å². The van der Waals surface area contributed by atoms with Crippen molar-refractivity contribution in [2.75, 3.05) is 6.54 Å². The van der Waals surface area contributed by atoms with Gasteiger partial charge in [0.25, 0.3) is 0 Å². The molecule has 0 bridgehead atoms. The van der Waals surface area contributed by atoms with Crippen molar-refractivity contribution in [2.45, 2.75) is 50.7 Å². The lowest BCUT2D eigenvalue weighted by atomic mass is 9.84. The number of carbonyl (C=O) groups is 1. The molecule has 3 rings (SSSR count). The largest absolute Gasteiger partial charge is 0.388 e. The maximum atomic E-state index is 12.9. The van der Waals surface area contributed by atoms with Crippen LogP contribution in [0.3, 0.4) is 0 Å². The van der Waals surface area contributed by atoms with E-state index in [4.69, 9.17) is 0 Å². The van der Waals surface area contributed by atoms with Crippen LogP contribution in [0.1, 0.15) is 54.0 Å². The van der Waals surface area contributed by atoms with Gasteiger partial charge < -0.3 is 15.7 Å². The van der Waals surface area contributed by atoms with Gasteiger partial charge >= 0.3 is 6.03 Å². The van der Waals surface area contributed by atoms with Crippen LogP contribution >= 0.6 is 11.3 Å². The van der Waals surface area contributed by atoms with E-state index in [-0.39, 0.29) is 17.3 Å². The average Bonchev–Trinajstić information content (AvgIpc) is 3.29. The third-order valence-corrected chi connectivity index (χ3v) is 6.58. The van der Waals surface area contributed by atoms with Gasteiger partial charge in [-0.25, -0.2) is 9.18 Å². The highest BCUT2D eigenvalue weighted by atomic mass is 32.1. The van der Waals surface area contributed by atoms with E-state index in [9.17, 15) is 14.3 Å². The van der Waals surface area contributed by atoms with Gasteiger partial charge in [0, 0.05) is 28.3 Å². The zero-order chi connectivity index (χ0) is 18.6. The third kappa shape index (κ3) is 4.43. The van der Waals surface area contributed by atoms with Crippen molar-refractivity contribution in [3.8, 4) is 0 Å². The number of amides is 2. The Morgan fingerprint density at radius 1 is 1.19 bits per heavy atom. The molecule has 3 N–H and O–H groups in total. The van der Waals surface area contributed by atoms with E-state index in [1.165, 1.54) is 17.0 Å². The summed E-state index contributed by atoms with van der Waals surface area (Å²) in [5.41, 5.74) is 0.822. The van der Waals surface area contributed by atoms with E-state index in [1.807, 2.05) is 6.07 Å². The Labute approximate surface area is 157 Å². The number of rotatable bonds is 6. The van der Waals surface area contributed by atoms with Crippen molar-refractivity contribution in [1.29, 1.82) is 0 Å². The van der Waals surface area contributed by atoms with Crippen molar-refractivity contribution in [3.05, 3.63) is 57.5 Å². The molecule has 4 nitrogen and oxygen atoms in total. The monoisotopic (exact) mass is 376 g/mol. The number of aliphatic hydroxyl groups is 1. The van der Waals surface area contributed by atoms with Gasteiger partial charge in [-0.3, -0.25) is 0 Å². The minimum atomic E-state index is -0.459. The number of hydrogen-bond acceptors (Lipinski definition) is 3. The van der Waals surface area contributed by atoms with E-state index in [0.717, 1.165) is 36.1 Å². The predicted molar refractivity (Wildman–Crippen MR) is 102 cm³/mol. The first-order chi connectivity index (χ1) is 12.5. The first-order valence-electron chi connectivity index (χ1n) is 9.03. The van der Waals surface area contributed by atoms with Gasteiger partial charge in [-0.1, -0.05) is 25.0 Å². The van der Waals surface area contributed by atoms with Gasteiger partial charge in [0.2, 0.25) is 0 Å². The molecule has 2 aromatic rings. The first kappa shape index (κ1) is 18.9. The van der Waals surface area contributed by atoms with Crippen molar-refractivity contribution in [1.82, 2.24) is 10.6 Å². The molecule has 1 aromatic carbocycles. The van der Waals surface area contributed by atoms with Crippen molar-refractivity contribution < 1.29 is 14.3 Å². The Hall–Kier alpha value is -1.92. The molecule has 1 saturated carbocycles. The van der Waals surface area contributed by atoms with Crippen LogP contribution in [-0.4, -0.2) is 17.7 Å². The molecule has 26 heavy (non-hydrogen) atoms. The minimum Gasteiger partial charge on any atom is -0.388 e. The molecule has 1 atom stereocenters. The topological polar surface area (TPSA) is 61.4 Å². The second-order valence-corrected chi connectivity index (χ2v) is 8.14. The Kier molecular flexibility index (Phi) is 5.94. The smallest absolute Gasteiger partial charge is 0.315 e. The summed E-state index contributed by atoms with van der Waals surface area (Å²) in [7, 11) is 0. The molecule has 1 aromatic heterocycles. The van der Waals surface area contributed by atoms with Gasteiger partial charge in [-0.2, -0.15) is 0 Å². The SMILES string of the molecule is CC(O)c1ccc(C2(CNC(=O)NCc3ccc(F)cc3)CCCC2)s1. The number of urea groups is 1. The van der Waals surface area contributed by atoms with E-state index >= 15 is 0 Å². The fourth-order valence-electron chi connectivity index (χ4n) is 3.52. The second kappa shape index (κ2) is 8.18. The van der Waals surface area contributed by atoms with E-state index in [0.29, 0.717) is 13.1 Å². The summed E-state index contributed by atoms with van der Waals surface area (Å²) >= 11 is 1.64. The molecule has 6 heteroatoms. The molecule has 1 aliphatic carbocycles. The van der Waals surface area contributed by atoms with Gasteiger partial charge in [-0.05, 0) is 49.6 Å². The summed E-state index contributed by atoms with van der Waals surface area (Å²) in [5, 5.41) is 15.6. The fraction of sp³-hybridized carbons (Fsp3) is 0.450. The number of nitrogens with one attached hydrogen (secondary N) is 2. The first-order valence-corrected chi connectivity index (χ1v) is 9.85. The molecule has 0 spiro atoms. The summed E-state index contributed by atoms with van der Waals surface area (Å²) in [6.45, 7) is 2.73. The zero-order valence-electron chi connectivity index (χ0n) is 14.9. The highest BCUT2D eigenvalue weighted by Gasteiger charge is 2.37. The number of halogens is 1. The number of hydrogen-bond donors (Lipinski definition) is 3. The number of aliphatic hydroxyl groups excluding tert-OH is 1. The maximum Gasteiger partial charge on any atom is 0.315 e. The molecule has 1 aliphatic rings. The fourth-order valence-corrected chi connectivity index (χ4v) is 4.71. The quantitative estimate of drug-likeness (QED) is 0.706. The normalized spacial score (nSPS) is 17.0. The molecule has 1 unspecified atom stereocenters. The van der Waals surface area contributed by atoms with E-state index < -0.39 is 6.10 Å². The van der Waals surface area contributed by atoms with Gasteiger partial charge in [-0.15, -0.1) is 11.3 Å². The Morgan fingerprint density at radius 2 is 1.88 bits per heavy atom. The van der Waals surface area contributed by atoms with Crippen LogP contribution in [0, 0.1) is 5.82 Å². The molecule has 0 saturated heterocycles. The molecule has 1 heterocycles. The lowest BCUT2D eigenvalue weighted by molar-refractivity contribution is 0.203. The predicted octanol–water partition coefficient (Wildman–Crippen LogP) is 4.25. The van der Waals surface area contributed by atoms with Crippen molar-refractivity contribution >= 4 is 17.4 Å². The summed E-state index contributed by atoms with van der Waals surface area (Å²) in [4.78, 5) is 14.4. The van der Waals surface area contributed by atoms with E-state index in [1.54, 1.807) is 30.4 Å². The Morgan fingerprint density at radius 3 is 2.50 bits per heavy atom. The molecule has 0 radical (unpaired) electrons. The summed E-state index contributed by atoms with van der Waals surface area (Å²) in [6, 6.07) is 9.97. The van der Waals surface area contributed by atoms with Crippen LogP contribution in [0.4, 0.5) is 9.18 Å². The number of carbonyl (C=O) groups excluding carboxylic acids is 1. The maximum absolute atomic E-state index is 12.9. The number of benzene rings is 1. The highest BCUT2D eigenvalue weighted by molar-refractivity contribution is 7.12.